The number of carboxylic acid groups (broad SMARTS) is 5. The Balaban J connectivity index is 0.931. The fourth-order valence-corrected chi connectivity index (χ4v) is 8.93. The highest BCUT2D eigenvalue weighted by molar-refractivity contribution is 5.97. The van der Waals surface area contributed by atoms with Crippen LogP contribution < -0.4 is 27.2 Å². The van der Waals surface area contributed by atoms with Crippen LogP contribution in [-0.4, -0.2) is 235 Å². The molecular weight excluding hydrogens is 1090 g/mol. The van der Waals surface area contributed by atoms with Gasteiger partial charge in [0.05, 0.1) is 64.4 Å². The molecule has 0 aliphatic carbocycles. The molecule has 1 unspecified atom stereocenters. The van der Waals surface area contributed by atoms with E-state index in [0.717, 1.165) is 5.56 Å². The standard InChI is InChI=1S/C54H72N12O17/c55-54-61-50-49(52(79)62-54)59-39(29-58-50)28-57-38-9-7-37(8-10-38)51(78)60-43(53(80)81)13-11-41(67)2-1-22-82-24-25-83-23-15-56-44(69)14-12-42(68)27-36-5-3-35(4-6-36)26-40(66(33-47(74)75)34-48(76)77)30-63-16-18-64(31-45(70)71)20-21-65(19-17-63)32-46(72)73/h3-10,29,40,43,57H,1-2,11-28,30-34H2,(H,56,69)(H,60,78)(H,70,71)(H,72,73)(H,74,75)(H,76,77)(H,80,81)(H3,55,58,61,62,79)/t40?,43-/m0/s1. The fraction of sp³-hybridized carbons (Fsp3) is 0.500. The highest BCUT2D eigenvalue weighted by Crippen LogP contribution is 2.17. The Morgan fingerprint density at radius 1 is 0.687 bits per heavy atom. The lowest BCUT2D eigenvalue weighted by Crippen LogP contribution is -2.51. The molecule has 3 heterocycles. The Morgan fingerprint density at radius 2 is 1.29 bits per heavy atom. The summed E-state index contributed by atoms with van der Waals surface area (Å²) in [4.78, 5) is 143. The Hall–Kier alpha value is -8.35. The first-order valence-corrected chi connectivity index (χ1v) is 26.9. The number of nitrogens with two attached hydrogens (primary N) is 1. The zero-order valence-corrected chi connectivity index (χ0v) is 45.9. The maximum Gasteiger partial charge on any atom is 0.326 e. The SMILES string of the molecule is Nc1nc2ncc(CNc3ccc(C(=O)N[C@@H](CCC(=O)CCCOCCOCCNC(=O)CCC(=O)Cc4ccc(CC(CN5CCN(CC(=O)O)CCN(CC(=O)O)CC5)N(CC(=O)O)CC(=O)O)cc4)C(=O)O)cc3)nc2c(=O)[nH]1. The van der Waals surface area contributed by atoms with Crippen molar-refractivity contribution >= 4 is 76.0 Å². The molecule has 2 aromatic heterocycles. The number of hydrogen-bond acceptors (Lipinski definition) is 21. The Labute approximate surface area is 476 Å². The second-order valence-corrected chi connectivity index (χ2v) is 19.8. The number of benzene rings is 2. The number of aromatic amines is 1. The average Bonchev–Trinajstić information content (AvgIpc) is 3.52. The number of ether oxygens (including phenoxy) is 2. The van der Waals surface area contributed by atoms with Gasteiger partial charge in [0.15, 0.2) is 11.2 Å². The minimum absolute atomic E-state index is 0.0173. The Bertz CT molecular complexity index is 2870. The zero-order chi connectivity index (χ0) is 60.3. The van der Waals surface area contributed by atoms with Gasteiger partial charge in [-0.25, -0.2) is 14.8 Å². The van der Waals surface area contributed by atoms with Crippen molar-refractivity contribution < 1.29 is 78.2 Å². The average molecular weight is 1160 g/mol. The maximum absolute atomic E-state index is 12.9. The third-order valence-corrected chi connectivity index (χ3v) is 13.2. The summed E-state index contributed by atoms with van der Waals surface area (Å²) in [5, 5.41) is 56.3. The smallest absolute Gasteiger partial charge is 0.326 e. The van der Waals surface area contributed by atoms with E-state index in [9.17, 15) is 73.5 Å². The number of carboxylic acids is 5. The molecule has 2 aromatic carbocycles. The topological polar surface area (TPSA) is 420 Å². The summed E-state index contributed by atoms with van der Waals surface area (Å²) in [7, 11) is 0. The van der Waals surface area contributed by atoms with Crippen molar-refractivity contribution in [1.82, 2.24) is 50.2 Å². The number of amides is 2. The first-order valence-electron chi connectivity index (χ1n) is 26.9. The molecule has 2 amide bonds. The lowest BCUT2D eigenvalue weighted by atomic mass is 9.99. The summed E-state index contributed by atoms with van der Waals surface area (Å²) >= 11 is 0. The van der Waals surface area contributed by atoms with E-state index >= 15 is 0 Å². The quantitative estimate of drug-likeness (QED) is 0.0253. The number of anilines is 2. The van der Waals surface area contributed by atoms with Gasteiger partial charge >= 0.3 is 29.8 Å². The first-order chi connectivity index (χ1) is 39.7. The number of nitrogens with zero attached hydrogens (tertiary/aromatic N) is 7. The van der Waals surface area contributed by atoms with E-state index in [1.54, 1.807) is 46.2 Å². The van der Waals surface area contributed by atoms with E-state index < -0.39 is 66.5 Å². The number of fused-ring (bicyclic) bond motifs is 1. The monoisotopic (exact) mass is 1160 g/mol. The third-order valence-electron chi connectivity index (χ3n) is 13.2. The third kappa shape index (κ3) is 24.7. The summed E-state index contributed by atoms with van der Waals surface area (Å²) in [5.41, 5.74) is 7.82. The summed E-state index contributed by atoms with van der Waals surface area (Å²) in [6, 6.07) is 11.3. The van der Waals surface area contributed by atoms with Crippen LogP contribution in [0.2, 0.25) is 0 Å². The highest BCUT2D eigenvalue weighted by Gasteiger charge is 2.28. The first kappa shape index (κ1) is 65.5. The van der Waals surface area contributed by atoms with Crippen molar-refractivity contribution in [2.24, 2.45) is 0 Å². The normalized spacial score (nSPS) is 14.2. The predicted octanol–water partition coefficient (Wildman–Crippen LogP) is -0.568. The van der Waals surface area contributed by atoms with Gasteiger partial charge in [0, 0.05) is 108 Å². The minimum Gasteiger partial charge on any atom is -0.480 e. The van der Waals surface area contributed by atoms with Gasteiger partial charge < -0.3 is 56.7 Å². The number of nitrogen functional groups attached to an aromatic ring is 1. The van der Waals surface area contributed by atoms with Gasteiger partial charge in [-0.1, -0.05) is 24.3 Å². The van der Waals surface area contributed by atoms with Crippen molar-refractivity contribution in [2.45, 2.75) is 70.0 Å². The van der Waals surface area contributed by atoms with Crippen LogP contribution in [0.3, 0.4) is 0 Å². The van der Waals surface area contributed by atoms with Crippen LogP contribution >= 0.6 is 0 Å². The largest absolute Gasteiger partial charge is 0.480 e. The summed E-state index contributed by atoms with van der Waals surface area (Å²) < 4.78 is 11.0. The van der Waals surface area contributed by atoms with Crippen molar-refractivity contribution in [3.8, 4) is 0 Å². The Morgan fingerprint density at radius 3 is 1.89 bits per heavy atom. The summed E-state index contributed by atoms with van der Waals surface area (Å²) in [6.07, 6.45) is 1.99. The molecular formula is C54H72N12O17. The number of aromatic nitrogens is 4. The molecule has 29 heteroatoms. The van der Waals surface area contributed by atoms with E-state index in [1.165, 1.54) is 23.2 Å². The number of H-pyrrole nitrogens is 1. The molecule has 2 atom stereocenters. The minimum atomic E-state index is -1.30. The number of Topliss-reactive ketones (excluding diaryl/α,β-unsaturated/α-hetero) is 2. The van der Waals surface area contributed by atoms with Crippen LogP contribution in [0.15, 0.2) is 59.5 Å². The number of ketones is 2. The van der Waals surface area contributed by atoms with E-state index in [0.29, 0.717) is 62.6 Å². The molecule has 0 spiro atoms. The summed E-state index contributed by atoms with van der Waals surface area (Å²) in [5.74, 6) is -7.25. The molecule has 1 fully saturated rings. The molecule has 1 aliphatic rings. The van der Waals surface area contributed by atoms with Gasteiger partial charge in [-0.05, 0) is 54.7 Å². The second kappa shape index (κ2) is 34.2. The van der Waals surface area contributed by atoms with Gasteiger partial charge in [0.25, 0.3) is 11.5 Å². The lowest BCUT2D eigenvalue weighted by molar-refractivity contribution is -0.143. The molecule has 0 radical (unpaired) electrons. The molecule has 5 rings (SSSR count). The van der Waals surface area contributed by atoms with E-state index in [-0.39, 0.29) is 144 Å². The van der Waals surface area contributed by atoms with Crippen LogP contribution in [0.1, 0.15) is 65.7 Å². The molecule has 450 valence electrons. The highest BCUT2D eigenvalue weighted by atomic mass is 16.5. The zero-order valence-electron chi connectivity index (χ0n) is 45.9. The number of aliphatic carboxylic acids is 5. The van der Waals surface area contributed by atoms with E-state index in [4.69, 9.17) is 15.2 Å². The number of nitrogens with one attached hydrogen (secondary N) is 4. The van der Waals surface area contributed by atoms with Crippen LogP contribution in [-0.2, 0) is 67.2 Å². The molecule has 11 N–H and O–H groups in total. The fourth-order valence-electron chi connectivity index (χ4n) is 8.93. The van der Waals surface area contributed by atoms with Crippen LogP contribution in [0.25, 0.3) is 11.2 Å². The van der Waals surface area contributed by atoms with Crippen LogP contribution in [0.4, 0.5) is 11.6 Å². The van der Waals surface area contributed by atoms with Crippen molar-refractivity contribution in [2.75, 3.05) is 116 Å². The van der Waals surface area contributed by atoms with Gasteiger partial charge in [0.2, 0.25) is 11.9 Å². The summed E-state index contributed by atoms with van der Waals surface area (Å²) in [6.45, 7) is 1.83. The molecule has 1 saturated heterocycles. The molecule has 0 bridgehead atoms. The number of carbonyl (C=O) groups excluding carboxylic acids is 4. The molecule has 29 nitrogen and oxygen atoms in total. The van der Waals surface area contributed by atoms with Gasteiger partial charge in [0.1, 0.15) is 17.6 Å². The lowest BCUT2D eigenvalue weighted by Gasteiger charge is -2.35. The van der Waals surface area contributed by atoms with Gasteiger partial charge in [-0.15, -0.1) is 0 Å². The number of hydrogen-bond donors (Lipinski definition) is 10. The van der Waals surface area contributed by atoms with Crippen molar-refractivity contribution in [3.63, 3.8) is 0 Å². The van der Waals surface area contributed by atoms with Crippen LogP contribution in [0, 0.1) is 0 Å². The molecule has 0 saturated carbocycles. The van der Waals surface area contributed by atoms with E-state index in [1.807, 2.05) is 4.90 Å². The van der Waals surface area contributed by atoms with Crippen molar-refractivity contribution in [3.05, 3.63) is 87.5 Å². The number of carbonyl (C=O) groups is 9. The molecule has 1 aliphatic heterocycles. The van der Waals surface area contributed by atoms with E-state index in [2.05, 4.69) is 35.9 Å². The van der Waals surface area contributed by atoms with Gasteiger partial charge in [-0.3, -0.25) is 67.7 Å². The second-order valence-electron chi connectivity index (χ2n) is 19.8. The predicted molar refractivity (Wildman–Crippen MR) is 296 cm³/mol. The molecule has 83 heavy (non-hydrogen) atoms. The van der Waals surface area contributed by atoms with Crippen molar-refractivity contribution in [1.29, 1.82) is 0 Å². The molecule has 4 aromatic rings. The number of rotatable bonds is 37. The van der Waals surface area contributed by atoms with Crippen LogP contribution in [0.5, 0.6) is 0 Å². The van der Waals surface area contributed by atoms with Gasteiger partial charge in [-0.2, -0.15) is 4.98 Å². The maximum atomic E-state index is 12.9. The Kier molecular flexibility index (Phi) is 27.0.